The fourth-order valence-electron chi connectivity index (χ4n) is 6.12. The maximum absolute atomic E-state index is 3.83. The maximum Gasteiger partial charge on any atom is 0.0541 e. The molecule has 0 N–H and O–H groups in total. The second kappa shape index (κ2) is 13.4. The molecule has 1 nitrogen and oxygen atoms in total. The van der Waals surface area contributed by atoms with Crippen LogP contribution in [0.2, 0.25) is 0 Å². The number of benzene rings is 5. The quantitative estimate of drug-likeness (QED) is 0.173. The molecule has 0 radical (unpaired) electrons. The number of fused-ring (bicyclic) bond motifs is 3. The van der Waals surface area contributed by atoms with E-state index in [2.05, 4.69) is 207 Å². The van der Waals surface area contributed by atoms with E-state index in [-0.39, 0.29) is 16.2 Å². The lowest BCUT2D eigenvalue weighted by atomic mass is 9.86. The van der Waals surface area contributed by atoms with E-state index in [9.17, 15) is 0 Å². The zero-order chi connectivity index (χ0) is 35.2. The summed E-state index contributed by atoms with van der Waals surface area (Å²) in [7, 11) is 0. The number of nitrogens with zero attached hydrogens (tertiary/aromatic N) is 1. The monoisotopic (exact) mass is 699 g/mol. The summed E-state index contributed by atoms with van der Waals surface area (Å²) < 4.78 is 3.53. The number of hydrogen-bond acceptors (Lipinski definition) is 0. The van der Waals surface area contributed by atoms with Crippen LogP contribution < -0.4 is 0 Å². The summed E-state index contributed by atoms with van der Waals surface area (Å²) in [6.45, 7) is 26.9. The van der Waals surface area contributed by atoms with E-state index in [1.807, 2.05) is 0 Å². The molecule has 0 amide bonds. The van der Waals surface area contributed by atoms with Gasteiger partial charge < -0.3 is 4.57 Å². The first-order valence-electron chi connectivity index (χ1n) is 17.4. The number of rotatable bonds is 3. The van der Waals surface area contributed by atoms with Crippen molar-refractivity contribution in [3.63, 3.8) is 0 Å². The van der Waals surface area contributed by atoms with E-state index in [0.29, 0.717) is 0 Å². The van der Waals surface area contributed by atoms with Gasteiger partial charge in [0.15, 0.2) is 0 Å². The summed E-state index contributed by atoms with van der Waals surface area (Å²) in [6.07, 6.45) is 0. The molecule has 0 bridgehead atoms. The highest BCUT2D eigenvalue weighted by Gasteiger charge is 2.20. The van der Waals surface area contributed by atoms with Crippen molar-refractivity contribution in [3.8, 4) is 27.9 Å². The first kappa shape index (κ1) is 35.7. The van der Waals surface area contributed by atoms with Crippen LogP contribution in [0.5, 0.6) is 0 Å². The lowest BCUT2D eigenvalue weighted by Gasteiger charge is -2.21. The van der Waals surface area contributed by atoms with Crippen LogP contribution in [0.15, 0.2) is 108 Å². The van der Waals surface area contributed by atoms with Crippen LogP contribution in [-0.2, 0) is 16.2 Å². The van der Waals surface area contributed by atoms with E-state index in [1.54, 1.807) is 0 Å². The Hall–Kier alpha value is -3.62. The molecule has 0 fully saturated rings. The largest absolute Gasteiger partial charge is 0.309 e. The summed E-state index contributed by atoms with van der Waals surface area (Å²) in [4.78, 5) is 0. The molecule has 2 heteroatoms. The van der Waals surface area contributed by atoms with E-state index in [4.69, 9.17) is 0 Å². The summed E-state index contributed by atoms with van der Waals surface area (Å²) in [5, 5.41) is 2.53. The second-order valence-corrected chi connectivity index (χ2v) is 18.0. The molecule has 0 atom stereocenters. The summed E-state index contributed by atoms with van der Waals surface area (Å²) in [6, 6.07) is 39.0. The molecule has 48 heavy (non-hydrogen) atoms. The molecule has 250 valence electrons. The van der Waals surface area contributed by atoms with Crippen molar-refractivity contribution in [2.45, 2.75) is 99.3 Å². The third kappa shape index (κ3) is 7.81. The van der Waals surface area contributed by atoms with Gasteiger partial charge in [-0.1, -0.05) is 160 Å². The summed E-state index contributed by atoms with van der Waals surface area (Å²) >= 11 is 3.83. The molecule has 5 aromatic carbocycles. The molecule has 0 saturated heterocycles. The summed E-state index contributed by atoms with van der Waals surface area (Å²) in [5.41, 5.74) is 12.9. The minimum absolute atomic E-state index is 0.0378. The number of halogens is 1. The smallest absolute Gasteiger partial charge is 0.0541 e. The van der Waals surface area contributed by atoms with Gasteiger partial charge in [0, 0.05) is 20.9 Å². The zero-order valence-electron chi connectivity index (χ0n) is 31.2. The van der Waals surface area contributed by atoms with Gasteiger partial charge in [-0.2, -0.15) is 0 Å². The van der Waals surface area contributed by atoms with Crippen LogP contribution in [0.4, 0.5) is 0 Å². The number of hydrogen-bond donors (Lipinski definition) is 0. The van der Waals surface area contributed by atoms with Gasteiger partial charge in [0.05, 0.1) is 11.0 Å². The van der Waals surface area contributed by atoms with Crippen molar-refractivity contribution in [3.05, 3.63) is 124 Å². The van der Waals surface area contributed by atoms with Crippen LogP contribution in [-0.4, -0.2) is 4.57 Å². The van der Waals surface area contributed by atoms with Crippen LogP contribution in [0.1, 0.15) is 99.8 Å². The van der Waals surface area contributed by atoms with E-state index >= 15 is 0 Å². The van der Waals surface area contributed by atoms with Crippen LogP contribution in [0, 0.1) is 5.92 Å². The third-order valence-corrected chi connectivity index (χ3v) is 9.40. The Morgan fingerprint density at radius 1 is 0.438 bits per heavy atom. The molecule has 0 aliphatic heterocycles. The summed E-state index contributed by atoms with van der Waals surface area (Å²) in [5.74, 6) is 0.833. The zero-order valence-corrected chi connectivity index (χ0v) is 32.8. The average Bonchev–Trinajstić information content (AvgIpc) is 3.32. The van der Waals surface area contributed by atoms with Crippen molar-refractivity contribution >= 4 is 37.7 Å². The van der Waals surface area contributed by atoms with Gasteiger partial charge >= 0.3 is 0 Å². The molecule has 1 aromatic heterocycles. The normalized spacial score (nSPS) is 12.5. The van der Waals surface area contributed by atoms with Gasteiger partial charge in [-0.3, -0.25) is 0 Å². The molecule has 0 unspecified atom stereocenters. The van der Waals surface area contributed by atoms with Gasteiger partial charge in [0.25, 0.3) is 0 Å². The lowest BCUT2D eigenvalue weighted by Crippen LogP contribution is -2.11. The molecule has 6 aromatic rings. The van der Waals surface area contributed by atoms with Crippen molar-refractivity contribution in [2.24, 2.45) is 5.92 Å². The lowest BCUT2D eigenvalue weighted by molar-refractivity contribution is 0.589. The van der Waals surface area contributed by atoms with Crippen molar-refractivity contribution in [2.75, 3.05) is 0 Å². The van der Waals surface area contributed by atoms with Gasteiger partial charge in [0.1, 0.15) is 0 Å². The second-order valence-electron chi connectivity index (χ2n) is 17.1. The molecule has 0 saturated carbocycles. The predicted molar refractivity (Wildman–Crippen MR) is 216 cm³/mol. The molecule has 1 heterocycles. The van der Waals surface area contributed by atoms with Crippen LogP contribution in [0.3, 0.4) is 0 Å². The van der Waals surface area contributed by atoms with E-state index < -0.39 is 0 Å². The highest BCUT2D eigenvalue weighted by molar-refractivity contribution is 9.10. The Bertz CT molecular complexity index is 1920. The first-order chi connectivity index (χ1) is 22.3. The molecular formula is C46H54BrN. The Morgan fingerprint density at radius 2 is 0.792 bits per heavy atom. The fraction of sp³-hybridized carbons (Fsp3) is 0.348. The standard InChI is InChI=1S/C42H44BrN.C4H10/c1-40(2,3)31-16-10-27(11-17-31)29-14-20-38-36(22-29)37-23-30(28-12-18-32(19-13-28)41(4,5)6)15-21-39(37)44(38)35-25-33(42(7,8)9)24-34(43)26-35;1-4(2)3/h10-26H,1-9H3;4H,1-3H3. The molecule has 6 rings (SSSR count). The number of aromatic nitrogens is 1. The minimum atomic E-state index is 0.0378. The van der Waals surface area contributed by atoms with Crippen LogP contribution in [0.25, 0.3) is 49.7 Å². The maximum atomic E-state index is 3.83. The Labute approximate surface area is 298 Å². The van der Waals surface area contributed by atoms with E-state index in [1.165, 1.54) is 66.4 Å². The molecule has 0 spiro atoms. The van der Waals surface area contributed by atoms with Gasteiger partial charge in [0.2, 0.25) is 0 Å². The third-order valence-electron chi connectivity index (χ3n) is 8.94. The Kier molecular flexibility index (Phi) is 9.93. The van der Waals surface area contributed by atoms with Crippen molar-refractivity contribution < 1.29 is 0 Å². The van der Waals surface area contributed by atoms with Crippen molar-refractivity contribution in [1.82, 2.24) is 4.57 Å². The van der Waals surface area contributed by atoms with Gasteiger partial charge in [-0.15, -0.1) is 0 Å². The van der Waals surface area contributed by atoms with Gasteiger partial charge in [-0.25, -0.2) is 0 Å². The van der Waals surface area contributed by atoms with Crippen LogP contribution >= 0.6 is 15.9 Å². The highest BCUT2D eigenvalue weighted by Crippen LogP contribution is 2.39. The van der Waals surface area contributed by atoms with Crippen molar-refractivity contribution in [1.29, 1.82) is 0 Å². The molecule has 0 aliphatic rings. The SMILES string of the molecule is CC(C)(C)c1ccc(-c2ccc3c(c2)c2cc(-c4ccc(C(C)(C)C)cc4)ccc2n3-c2cc(Br)cc(C(C)(C)C)c2)cc1.CC(C)C. The highest BCUT2D eigenvalue weighted by atomic mass is 79.9. The fourth-order valence-corrected chi connectivity index (χ4v) is 6.60. The minimum Gasteiger partial charge on any atom is -0.309 e. The predicted octanol–water partition coefficient (Wildman–Crippen LogP) is 14.4. The van der Waals surface area contributed by atoms with Gasteiger partial charge in [-0.05, 0) is 104 Å². The Balaban J connectivity index is 0.00000107. The molecular weight excluding hydrogens is 646 g/mol. The Morgan fingerprint density at radius 3 is 1.15 bits per heavy atom. The first-order valence-corrected chi connectivity index (χ1v) is 18.2. The topological polar surface area (TPSA) is 4.93 Å². The average molecular weight is 701 g/mol. The molecule has 0 aliphatic carbocycles. The van der Waals surface area contributed by atoms with E-state index in [0.717, 1.165) is 10.4 Å².